The van der Waals surface area contributed by atoms with E-state index in [9.17, 15) is 0 Å². The van der Waals surface area contributed by atoms with E-state index in [0.29, 0.717) is 5.54 Å². The van der Waals surface area contributed by atoms with Crippen LogP contribution in [0.1, 0.15) is 27.2 Å². The lowest BCUT2D eigenvalue weighted by atomic mass is 9.92. The van der Waals surface area contributed by atoms with Gasteiger partial charge in [-0.15, -0.1) is 0 Å². The summed E-state index contributed by atoms with van der Waals surface area (Å²) in [6.45, 7) is 11.4. The highest BCUT2D eigenvalue weighted by Gasteiger charge is 2.38. The van der Waals surface area contributed by atoms with Gasteiger partial charge in [0.25, 0.3) is 0 Å². The van der Waals surface area contributed by atoms with Crippen molar-refractivity contribution in [2.45, 2.75) is 32.7 Å². The van der Waals surface area contributed by atoms with Crippen LogP contribution in [0.2, 0.25) is 0 Å². The van der Waals surface area contributed by atoms with Gasteiger partial charge in [0.2, 0.25) is 0 Å². The fourth-order valence-electron chi connectivity index (χ4n) is 2.47. The molecule has 0 aromatic rings. The molecule has 0 radical (unpaired) electrons. The third kappa shape index (κ3) is 1.89. The molecule has 0 N–H and O–H groups in total. The Morgan fingerprint density at radius 1 is 1.15 bits per heavy atom. The molecule has 0 bridgehead atoms. The minimum absolute atomic E-state index is 0.345. The van der Waals surface area contributed by atoms with Crippen LogP contribution >= 0.6 is 0 Å². The molecule has 0 spiro atoms. The van der Waals surface area contributed by atoms with E-state index in [4.69, 9.17) is 4.74 Å². The van der Waals surface area contributed by atoms with Crippen LogP contribution in [0, 0.1) is 11.8 Å². The van der Waals surface area contributed by atoms with Gasteiger partial charge in [-0.05, 0) is 39.0 Å². The molecule has 2 heteroatoms. The predicted molar refractivity (Wildman–Crippen MR) is 53.7 cm³/mol. The van der Waals surface area contributed by atoms with Crippen molar-refractivity contribution in [3.8, 4) is 0 Å². The average molecular weight is 183 g/mol. The summed E-state index contributed by atoms with van der Waals surface area (Å²) >= 11 is 0. The zero-order chi connectivity index (χ0) is 9.47. The quantitative estimate of drug-likeness (QED) is 0.567. The maximum atomic E-state index is 5.52. The molecule has 2 aliphatic heterocycles. The van der Waals surface area contributed by atoms with Gasteiger partial charge in [0.05, 0.1) is 6.61 Å². The van der Waals surface area contributed by atoms with Crippen molar-refractivity contribution in [2.24, 2.45) is 11.8 Å². The molecule has 13 heavy (non-hydrogen) atoms. The van der Waals surface area contributed by atoms with E-state index in [1.54, 1.807) is 0 Å². The number of rotatable bonds is 0. The minimum atomic E-state index is 0.345. The molecule has 2 rings (SSSR count). The SMILES string of the molecule is CC(C)(C)N1CC2CCOCC2C1. The zero-order valence-electron chi connectivity index (χ0n) is 9.05. The summed E-state index contributed by atoms with van der Waals surface area (Å²) in [5.41, 5.74) is 0.345. The van der Waals surface area contributed by atoms with Crippen LogP contribution in [0.25, 0.3) is 0 Å². The number of fused-ring (bicyclic) bond motifs is 1. The number of hydrogen-bond donors (Lipinski definition) is 0. The summed E-state index contributed by atoms with van der Waals surface area (Å²) in [4.78, 5) is 2.61. The standard InChI is InChI=1S/C11H21NO/c1-11(2,3)12-6-9-4-5-13-8-10(9)7-12/h9-10H,4-8H2,1-3H3. The average Bonchev–Trinajstić information content (AvgIpc) is 2.45. The summed E-state index contributed by atoms with van der Waals surface area (Å²) in [5, 5.41) is 0. The molecule has 2 unspecified atom stereocenters. The van der Waals surface area contributed by atoms with Gasteiger partial charge in [0.15, 0.2) is 0 Å². The smallest absolute Gasteiger partial charge is 0.0509 e. The first kappa shape index (κ1) is 9.47. The van der Waals surface area contributed by atoms with Crippen molar-refractivity contribution in [3.63, 3.8) is 0 Å². The molecule has 0 amide bonds. The van der Waals surface area contributed by atoms with Crippen LogP contribution in [0.3, 0.4) is 0 Å². The predicted octanol–water partition coefficient (Wildman–Crippen LogP) is 1.75. The molecule has 2 heterocycles. The van der Waals surface area contributed by atoms with E-state index in [-0.39, 0.29) is 0 Å². The lowest BCUT2D eigenvalue weighted by Crippen LogP contribution is -2.39. The monoisotopic (exact) mass is 183 g/mol. The molecular weight excluding hydrogens is 162 g/mol. The highest BCUT2D eigenvalue weighted by Crippen LogP contribution is 2.33. The van der Waals surface area contributed by atoms with Gasteiger partial charge >= 0.3 is 0 Å². The Morgan fingerprint density at radius 3 is 2.46 bits per heavy atom. The lowest BCUT2D eigenvalue weighted by molar-refractivity contribution is 0.0367. The number of likely N-dealkylation sites (tertiary alicyclic amines) is 1. The topological polar surface area (TPSA) is 12.5 Å². The van der Waals surface area contributed by atoms with Gasteiger partial charge in [0.1, 0.15) is 0 Å². The van der Waals surface area contributed by atoms with Crippen LogP contribution in [-0.4, -0.2) is 36.7 Å². The van der Waals surface area contributed by atoms with Crippen molar-refractivity contribution in [1.82, 2.24) is 4.90 Å². The van der Waals surface area contributed by atoms with Crippen LogP contribution in [0.5, 0.6) is 0 Å². The van der Waals surface area contributed by atoms with Crippen molar-refractivity contribution in [2.75, 3.05) is 26.3 Å². The van der Waals surface area contributed by atoms with Gasteiger partial charge in [-0.25, -0.2) is 0 Å². The Hall–Kier alpha value is -0.0800. The summed E-state index contributed by atoms with van der Waals surface area (Å²) < 4.78 is 5.52. The Balaban J connectivity index is 1.99. The molecule has 2 fully saturated rings. The molecule has 2 saturated heterocycles. The first-order valence-corrected chi connectivity index (χ1v) is 5.40. The first-order chi connectivity index (χ1) is 6.07. The third-order valence-electron chi connectivity index (χ3n) is 3.49. The molecule has 0 saturated carbocycles. The largest absolute Gasteiger partial charge is 0.381 e. The fourth-order valence-corrected chi connectivity index (χ4v) is 2.47. The number of hydrogen-bond acceptors (Lipinski definition) is 2. The highest BCUT2D eigenvalue weighted by atomic mass is 16.5. The van der Waals surface area contributed by atoms with Crippen LogP contribution < -0.4 is 0 Å². The maximum absolute atomic E-state index is 5.52. The zero-order valence-corrected chi connectivity index (χ0v) is 9.05. The summed E-state index contributed by atoms with van der Waals surface area (Å²) in [6.07, 6.45) is 1.28. The Kier molecular flexibility index (Phi) is 2.37. The van der Waals surface area contributed by atoms with Crippen molar-refractivity contribution in [3.05, 3.63) is 0 Å². The Morgan fingerprint density at radius 2 is 1.85 bits per heavy atom. The second-order valence-corrected chi connectivity index (χ2v) is 5.46. The van der Waals surface area contributed by atoms with Crippen molar-refractivity contribution >= 4 is 0 Å². The summed E-state index contributed by atoms with van der Waals surface area (Å²) in [6, 6.07) is 0. The van der Waals surface area contributed by atoms with E-state index in [2.05, 4.69) is 25.7 Å². The molecule has 0 aromatic heterocycles. The molecule has 0 aliphatic carbocycles. The van der Waals surface area contributed by atoms with Crippen molar-refractivity contribution < 1.29 is 4.74 Å². The Bertz CT molecular complexity index is 171. The summed E-state index contributed by atoms with van der Waals surface area (Å²) in [7, 11) is 0. The van der Waals surface area contributed by atoms with Gasteiger partial charge < -0.3 is 4.74 Å². The van der Waals surface area contributed by atoms with E-state index in [1.807, 2.05) is 0 Å². The Labute approximate surface area is 81.3 Å². The van der Waals surface area contributed by atoms with Gasteiger partial charge in [-0.3, -0.25) is 4.90 Å². The second-order valence-electron chi connectivity index (χ2n) is 5.46. The molecular formula is C11H21NO. The van der Waals surface area contributed by atoms with Gasteiger partial charge in [-0.2, -0.15) is 0 Å². The fraction of sp³-hybridized carbons (Fsp3) is 1.00. The molecule has 0 aromatic carbocycles. The van der Waals surface area contributed by atoms with Crippen LogP contribution in [-0.2, 0) is 4.74 Å². The van der Waals surface area contributed by atoms with E-state index in [0.717, 1.165) is 25.0 Å². The van der Waals surface area contributed by atoms with Crippen LogP contribution in [0.15, 0.2) is 0 Å². The van der Waals surface area contributed by atoms with Gasteiger partial charge in [-0.1, -0.05) is 0 Å². The maximum Gasteiger partial charge on any atom is 0.0509 e. The number of nitrogens with zero attached hydrogens (tertiary/aromatic N) is 1. The number of ether oxygens (including phenoxy) is 1. The molecule has 2 atom stereocenters. The highest BCUT2D eigenvalue weighted by molar-refractivity contribution is 4.91. The lowest BCUT2D eigenvalue weighted by Gasteiger charge is -2.31. The summed E-state index contributed by atoms with van der Waals surface area (Å²) in [5.74, 6) is 1.72. The van der Waals surface area contributed by atoms with Crippen molar-refractivity contribution in [1.29, 1.82) is 0 Å². The molecule has 76 valence electrons. The third-order valence-corrected chi connectivity index (χ3v) is 3.49. The first-order valence-electron chi connectivity index (χ1n) is 5.40. The molecule has 2 nitrogen and oxygen atoms in total. The molecule has 2 aliphatic rings. The van der Waals surface area contributed by atoms with Crippen LogP contribution in [0.4, 0.5) is 0 Å². The second kappa shape index (κ2) is 3.25. The van der Waals surface area contributed by atoms with Gasteiger partial charge in [0, 0.05) is 25.2 Å². The normalized spacial score (nSPS) is 36.2. The minimum Gasteiger partial charge on any atom is -0.381 e. The van der Waals surface area contributed by atoms with E-state index >= 15 is 0 Å². The van der Waals surface area contributed by atoms with E-state index in [1.165, 1.54) is 19.5 Å². The van der Waals surface area contributed by atoms with E-state index < -0.39 is 0 Å².